The van der Waals surface area contributed by atoms with E-state index in [9.17, 15) is 9.18 Å². The molecule has 106 valence electrons. The van der Waals surface area contributed by atoms with Gasteiger partial charge in [-0.3, -0.25) is 0 Å². The molecular formula is C16H12ClFN2O. The average Bonchev–Trinajstić information content (AvgIpc) is 2.49. The van der Waals surface area contributed by atoms with Gasteiger partial charge in [0.1, 0.15) is 18.1 Å². The minimum absolute atomic E-state index is 0.195. The van der Waals surface area contributed by atoms with Crippen LogP contribution < -0.4 is 4.90 Å². The van der Waals surface area contributed by atoms with Crippen LogP contribution in [-0.4, -0.2) is 13.3 Å². The van der Waals surface area contributed by atoms with Crippen molar-refractivity contribution in [3.8, 4) is 6.07 Å². The molecule has 0 saturated carbocycles. The normalized spacial score (nSPS) is 11.5. The van der Waals surface area contributed by atoms with Crippen LogP contribution in [0.3, 0.4) is 0 Å². The van der Waals surface area contributed by atoms with Crippen LogP contribution in [0.25, 0.3) is 0 Å². The lowest BCUT2D eigenvalue weighted by atomic mass is 10.1. The number of hydrogen-bond donors (Lipinski definition) is 0. The standard InChI is InChI=1S/C16H12ClFN2O/c1-20(13-7-11(9-19)6-12(18)8-13)16(10-21)14-4-2-3-5-15(14)17/h2-8,10,16H,1H3. The van der Waals surface area contributed by atoms with Crippen molar-refractivity contribution in [3.05, 3.63) is 64.4 Å². The van der Waals surface area contributed by atoms with Gasteiger partial charge in [0.05, 0.1) is 11.6 Å². The Morgan fingerprint density at radius 3 is 2.67 bits per heavy atom. The van der Waals surface area contributed by atoms with Crippen molar-refractivity contribution in [2.75, 3.05) is 11.9 Å². The molecule has 1 atom stereocenters. The number of carbonyl (C=O) groups is 1. The summed E-state index contributed by atoms with van der Waals surface area (Å²) < 4.78 is 13.5. The molecule has 0 aliphatic rings. The number of rotatable bonds is 4. The van der Waals surface area contributed by atoms with E-state index in [-0.39, 0.29) is 5.56 Å². The number of aldehydes is 1. The first-order valence-corrected chi connectivity index (χ1v) is 6.58. The molecule has 0 saturated heterocycles. The maximum Gasteiger partial charge on any atom is 0.147 e. The van der Waals surface area contributed by atoms with E-state index in [0.29, 0.717) is 16.3 Å². The summed E-state index contributed by atoms with van der Waals surface area (Å²) in [5, 5.41) is 9.36. The molecule has 0 aliphatic carbocycles. The van der Waals surface area contributed by atoms with Gasteiger partial charge in [0, 0.05) is 23.3 Å². The molecule has 0 aliphatic heterocycles. The van der Waals surface area contributed by atoms with Crippen molar-refractivity contribution in [3.63, 3.8) is 0 Å². The maximum atomic E-state index is 13.5. The zero-order chi connectivity index (χ0) is 15.4. The quantitative estimate of drug-likeness (QED) is 0.808. The van der Waals surface area contributed by atoms with Gasteiger partial charge in [-0.15, -0.1) is 0 Å². The fourth-order valence-corrected chi connectivity index (χ4v) is 2.34. The number of halogens is 2. The molecule has 0 fully saturated rings. The van der Waals surface area contributed by atoms with Crippen LogP contribution in [0.5, 0.6) is 0 Å². The average molecular weight is 303 g/mol. The summed E-state index contributed by atoms with van der Waals surface area (Å²) in [6, 6.07) is 12.1. The summed E-state index contributed by atoms with van der Waals surface area (Å²) in [4.78, 5) is 13.0. The fraction of sp³-hybridized carbons (Fsp3) is 0.125. The predicted octanol–water partition coefficient (Wildman–Crippen LogP) is 3.73. The molecule has 3 nitrogen and oxygen atoms in total. The topological polar surface area (TPSA) is 44.1 Å². The Bertz CT molecular complexity index is 712. The van der Waals surface area contributed by atoms with Gasteiger partial charge in [0.15, 0.2) is 0 Å². The molecular weight excluding hydrogens is 291 g/mol. The lowest BCUT2D eigenvalue weighted by Gasteiger charge is -2.27. The molecule has 21 heavy (non-hydrogen) atoms. The molecule has 0 N–H and O–H groups in total. The second kappa shape index (κ2) is 6.38. The van der Waals surface area contributed by atoms with E-state index in [0.717, 1.165) is 12.4 Å². The first kappa shape index (κ1) is 15.0. The van der Waals surface area contributed by atoms with Gasteiger partial charge in [0.2, 0.25) is 0 Å². The minimum atomic E-state index is -0.660. The number of likely N-dealkylation sites (N-methyl/N-ethyl adjacent to an activating group) is 1. The predicted molar refractivity (Wildman–Crippen MR) is 79.8 cm³/mol. The monoisotopic (exact) mass is 302 g/mol. The van der Waals surface area contributed by atoms with Crippen LogP contribution in [0.4, 0.5) is 10.1 Å². The maximum absolute atomic E-state index is 13.5. The van der Waals surface area contributed by atoms with Crippen molar-refractivity contribution in [2.24, 2.45) is 0 Å². The lowest BCUT2D eigenvalue weighted by molar-refractivity contribution is -0.109. The largest absolute Gasteiger partial charge is 0.361 e. The summed E-state index contributed by atoms with van der Waals surface area (Å²) in [6.07, 6.45) is 0.734. The molecule has 0 spiro atoms. The molecule has 0 bridgehead atoms. The van der Waals surface area contributed by atoms with Gasteiger partial charge in [-0.1, -0.05) is 29.8 Å². The zero-order valence-corrected chi connectivity index (χ0v) is 12.0. The van der Waals surface area contributed by atoms with E-state index in [4.69, 9.17) is 16.9 Å². The van der Waals surface area contributed by atoms with Crippen molar-refractivity contribution < 1.29 is 9.18 Å². The highest BCUT2D eigenvalue weighted by atomic mass is 35.5. The molecule has 1 unspecified atom stereocenters. The summed E-state index contributed by atoms with van der Waals surface area (Å²) >= 11 is 6.11. The Morgan fingerprint density at radius 1 is 1.33 bits per heavy atom. The van der Waals surface area contributed by atoms with Crippen LogP contribution in [0.1, 0.15) is 17.2 Å². The number of nitriles is 1. The SMILES string of the molecule is CN(c1cc(F)cc(C#N)c1)C(C=O)c1ccccc1Cl. The van der Waals surface area contributed by atoms with E-state index in [1.807, 2.05) is 6.07 Å². The van der Waals surface area contributed by atoms with Gasteiger partial charge in [-0.25, -0.2) is 4.39 Å². The van der Waals surface area contributed by atoms with E-state index < -0.39 is 11.9 Å². The Hall–Kier alpha value is -2.38. The Kier molecular flexibility index (Phi) is 4.56. The van der Waals surface area contributed by atoms with Crippen LogP contribution in [-0.2, 0) is 4.79 Å². The summed E-state index contributed by atoms with van der Waals surface area (Å²) in [5.41, 5.74) is 1.25. The van der Waals surface area contributed by atoms with Gasteiger partial charge in [-0.05, 0) is 24.3 Å². The molecule has 5 heteroatoms. The number of benzene rings is 2. The number of hydrogen-bond acceptors (Lipinski definition) is 3. The van der Waals surface area contributed by atoms with Crippen molar-refractivity contribution in [1.82, 2.24) is 0 Å². The number of anilines is 1. The summed E-state index contributed by atoms with van der Waals surface area (Å²) in [5.74, 6) is -0.528. The second-order valence-electron chi connectivity index (χ2n) is 4.52. The molecule has 0 radical (unpaired) electrons. The van der Waals surface area contributed by atoms with Crippen molar-refractivity contribution >= 4 is 23.6 Å². The lowest BCUT2D eigenvalue weighted by Crippen LogP contribution is -2.25. The Labute approximate surface area is 127 Å². The van der Waals surface area contributed by atoms with Crippen molar-refractivity contribution in [2.45, 2.75) is 6.04 Å². The molecule has 0 amide bonds. The van der Waals surface area contributed by atoms with Gasteiger partial charge in [0.25, 0.3) is 0 Å². The highest BCUT2D eigenvalue weighted by molar-refractivity contribution is 6.31. The van der Waals surface area contributed by atoms with Gasteiger partial charge < -0.3 is 9.69 Å². The van der Waals surface area contributed by atoms with Gasteiger partial charge >= 0.3 is 0 Å². The van der Waals surface area contributed by atoms with Crippen LogP contribution in [0.15, 0.2) is 42.5 Å². The Morgan fingerprint density at radius 2 is 2.05 bits per heavy atom. The highest BCUT2D eigenvalue weighted by Crippen LogP contribution is 2.29. The second-order valence-corrected chi connectivity index (χ2v) is 4.93. The Balaban J connectivity index is 2.44. The van der Waals surface area contributed by atoms with Crippen molar-refractivity contribution in [1.29, 1.82) is 5.26 Å². The third-order valence-electron chi connectivity index (χ3n) is 3.19. The first-order chi connectivity index (χ1) is 10.1. The van der Waals surface area contributed by atoms with E-state index in [1.165, 1.54) is 12.1 Å². The molecule has 2 rings (SSSR count). The smallest absolute Gasteiger partial charge is 0.147 e. The zero-order valence-electron chi connectivity index (χ0n) is 11.3. The highest BCUT2D eigenvalue weighted by Gasteiger charge is 2.20. The summed E-state index contributed by atoms with van der Waals surface area (Å²) in [7, 11) is 1.65. The molecule has 2 aromatic carbocycles. The van der Waals surface area contributed by atoms with E-state index in [1.54, 1.807) is 36.2 Å². The first-order valence-electron chi connectivity index (χ1n) is 6.20. The minimum Gasteiger partial charge on any atom is -0.361 e. The van der Waals surface area contributed by atoms with E-state index in [2.05, 4.69) is 0 Å². The van der Waals surface area contributed by atoms with Crippen LogP contribution in [0.2, 0.25) is 5.02 Å². The van der Waals surface area contributed by atoms with Crippen LogP contribution >= 0.6 is 11.6 Å². The molecule has 2 aromatic rings. The van der Waals surface area contributed by atoms with Crippen LogP contribution in [0, 0.1) is 17.1 Å². The number of carbonyl (C=O) groups excluding carboxylic acids is 1. The molecule has 0 aromatic heterocycles. The third-order valence-corrected chi connectivity index (χ3v) is 3.53. The van der Waals surface area contributed by atoms with E-state index >= 15 is 0 Å². The molecule has 0 heterocycles. The third kappa shape index (κ3) is 3.21. The number of nitrogens with zero attached hydrogens (tertiary/aromatic N) is 2. The summed E-state index contributed by atoms with van der Waals surface area (Å²) in [6.45, 7) is 0. The fourth-order valence-electron chi connectivity index (χ4n) is 2.09. The van der Waals surface area contributed by atoms with Gasteiger partial charge in [-0.2, -0.15) is 5.26 Å².